The van der Waals surface area contributed by atoms with Gasteiger partial charge >= 0.3 is 0 Å². The highest BCUT2D eigenvalue weighted by Gasteiger charge is 2.18. The molecule has 2 rings (SSSR count). The third kappa shape index (κ3) is 2.23. The van der Waals surface area contributed by atoms with Crippen molar-refractivity contribution >= 4 is 11.3 Å². The van der Waals surface area contributed by atoms with Crippen molar-refractivity contribution in [1.29, 1.82) is 0 Å². The highest BCUT2D eigenvalue weighted by Crippen LogP contribution is 2.34. The lowest BCUT2D eigenvalue weighted by Gasteiger charge is -2.12. The maximum Gasteiger partial charge on any atom is 0.0562 e. The van der Waals surface area contributed by atoms with E-state index in [9.17, 15) is 0 Å². The summed E-state index contributed by atoms with van der Waals surface area (Å²) in [6.07, 6.45) is 10.8. The van der Waals surface area contributed by atoms with Gasteiger partial charge in [-0.3, -0.25) is 11.3 Å². The summed E-state index contributed by atoms with van der Waals surface area (Å²) in [5.74, 6) is 8.21. The number of hydrogen-bond donors (Lipinski definition) is 2. The van der Waals surface area contributed by atoms with Gasteiger partial charge in [-0.2, -0.15) is 0 Å². The van der Waals surface area contributed by atoms with Gasteiger partial charge in [0.2, 0.25) is 0 Å². The van der Waals surface area contributed by atoms with E-state index in [1.165, 1.54) is 29.7 Å². The van der Waals surface area contributed by atoms with Crippen molar-refractivity contribution in [1.82, 2.24) is 5.43 Å². The Morgan fingerprint density at radius 2 is 2.47 bits per heavy atom. The van der Waals surface area contributed by atoms with Crippen molar-refractivity contribution < 1.29 is 0 Å². The van der Waals surface area contributed by atoms with E-state index in [0.717, 1.165) is 12.8 Å². The molecule has 1 aromatic heterocycles. The molecular formula is C12H16N2S. The van der Waals surface area contributed by atoms with Crippen molar-refractivity contribution in [3.05, 3.63) is 21.4 Å². The maximum absolute atomic E-state index is 5.55. The molecule has 1 aliphatic rings. The van der Waals surface area contributed by atoms with E-state index in [-0.39, 0.29) is 6.04 Å². The Labute approximate surface area is 94.8 Å². The van der Waals surface area contributed by atoms with Crippen molar-refractivity contribution in [3.8, 4) is 12.3 Å². The summed E-state index contributed by atoms with van der Waals surface area (Å²) in [5, 5.41) is 0. The molecule has 0 spiro atoms. The van der Waals surface area contributed by atoms with Gasteiger partial charge in [-0.15, -0.1) is 23.7 Å². The molecule has 1 atom stereocenters. The third-order valence-electron chi connectivity index (χ3n) is 2.89. The highest BCUT2D eigenvalue weighted by molar-refractivity contribution is 7.12. The molecule has 0 bridgehead atoms. The third-order valence-corrected chi connectivity index (χ3v) is 4.24. The van der Waals surface area contributed by atoms with E-state index in [0.29, 0.717) is 0 Å². The van der Waals surface area contributed by atoms with Gasteiger partial charge in [0.15, 0.2) is 0 Å². The number of aryl methyl sites for hydroxylation is 2. The fraction of sp³-hybridized carbons (Fsp3) is 0.500. The first-order valence-electron chi connectivity index (χ1n) is 5.36. The molecule has 1 heterocycles. The molecule has 2 nitrogen and oxygen atoms in total. The van der Waals surface area contributed by atoms with Crippen LogP contribution < -0.4 is 11.3 Å². The first-order valence-corrected chi connectivity index (χ1v) is 6.18. The van der Waals surface area contributed by atoms with Crippen LogP contribution in [0.1, 0.15) is 40.6 Å². The predicted molar refractivity (Wildman–Crippen MR) is 64.5 cm³/mol. The average molecular weight is 220 g/mol. The Morgan fingerprint density at radius 3 is 3.13 bits per heavy atom. The lowest BCUT2D eigenvalue weighted by molar-refractivity contribution is 0.531. The average Bonchev–Trinajstić information content (AvgIpc) is 2.79. The van der Waals surface area contributed by atoms with Crippen LogP contribution in [0, 0.1) is 12.3 Å². The second kappa shape index (κ2) is 4.80. The van der Waals surface area contributed by atoms with Crippen molar-refractivity contribution in [2.45, 2.75) is 38.1 Å². The standard InChI is InChI=1S/C12H16N2S/c1-2-3-6-10(14-13)12-8-9-5-4-7-11(9)15-12/h1,8,10,14H,3-7,13H2. The predicted octanol–water partition coefficient (Wildman–Crippen LogP) is 2.15. The van der Waals surface area contributed by atoms with E-state index in [1.54, 1.807) is 4.88 Å². The second-order valence-electron chi connectivity index (χ2n) is 3.91. The van der Waals surface area contributed by atoms with E-state index in [4.69, 9.17) is 12.3 Å². The maximum atomic E-state index is 5.55. The van der Waals surface area contributed by atoms with Crippen LogP contribution in [-0.4, -0.2) is 0 Å². The molecule has 0 radical (unpaired) electrons. The van der Waals surface area contributed by atoms with Crippen LogP contribution in [0.25, 0.3) is 0 Å². The van der Waals surface area contributed by atoms with Gasteiger partial charge < -0.3 is 0 Å². The molecule has 1 aliphatic carbocycles. The van der Waals surface area contributed by atoms with Gasteiger partial charge in [0, 0.05) is 16.2 Å². The lowest BCUT2D eigenvalue weighted by Crippen LogP contribution is -2.27. The number of nitrogens with one attached hydrogen (secondary N) is 1. The minimum atomic E-state index is 0.233. The molecule has 0 fully saturated rings. The van der Waals surface area contributed by atoms with Crippen molar-refractivity contribution in [2.24, 2.45) is 5.84 Å². The molecule has 15 heavy (non-hydrogen) atoms. The fourth-order valence-electron chi connectivity index (χ4n) is 2.06. The lowest BCUT2D eigenvalue weighted by atomic mass is 10.1. The zero-order valence-electron chi connectivity index (χ0n) is 8.75. The fourth-order valence-corrected chi connectivity index (χ4v) is 3.41. The number of nitrogens with two attached hydrogens (primary N) is 1. The van der Waals surface area contributed by atoms with Crippen LogP contribution in [-0.2, 0) is 12.8 Å². The van der Waals surface area contributed by atoms with Crippen molar-refractivity contribution in [3.63, 3.8) is 0 Å². The smallest absolute Gasteiger partial charge is 0.0562 e. The van der Waals surface area contributed by atoms with E-state index < -0.39 is 0 Å². The monoisotopic (exact) mass is 220 g/mol. The molecule has 80 valence electrons. The normalized spacial score (nSPS) is 16.0. The highest BCUT2D eigenvalue weighted by atomic mass is 32.1. The molecule has 1 unspecified atom stereocenters. The summed E-state index contributed by atoms with van der Waals surface area (Å²) in [4.78, 5) is 2.89. The summed E-state index contributed by atoms with van der Waals surface area (Å²) in [6.45, 7) is 0. The van der Waals surface area contributed by atoms with E-state index >= 15 is 0 Å². The molecule has 0 saturated carbocycles. The first kappa shape index (κ1) is 10.7. The summed E-state index contributed by atoms with van der Waals surface area (Å²) in [7, 11) is 0. The molecule has 0 aromatic carbocycles. The molecular weight excluding hydrogens is 204 g/mol. The summed E-state index contributed by atoms with van der Waals surface area (Å²) in [5.41, 5.74) is 4.38. The molecule has 1 aromatic rings. The molecule has 3 N–H and O–H groups in total. The summed E-state index contributed by atoms with van der Waals surface area (Å²) in [6, 6.07) is 2.53. The Kier molecular flexibility index (Phi) is 3.42. The van der Waals surface area contributed by atoms with Gasteiger partial charge in [-0.25, -0.2) is 0 Å². The summed E-state index contributed by atoms with van der Waals surface area (Å²) < 4.78 is 0. The first-order chi connectivity index (χ1) is 7.35. The Hall–Kier alpha value is -0.820. The van der Waals surface area contributed by atoms with E-state index in [2.05, 4.69) is 17.4 Å². The minimum Gasteiger partial charge on any atom is -0.271 e. The van der Waals surface area contributed by atoms with Gasteiger partial charge in [0.25, 0.3) is 0 Å². The van der Waals surface area contributed by atoms with Crippen LogP contribution in [0.15, 0.2) is 6.07 Å². The number of thiophene rings is 1. The Bertz CT molecular complexity index is 354. The number of terminal acetylenes is 1. The number of hydrogen-bond acceptors (Lipinski definition) is 3. The number of hydrazine groups is 1. The Balaban J connectivity index is 2.10. The van der Waals surface area contributed by atoms with Gasteiger partial charge in [0.1, 0.15) is 0 Å². The van der Waals surface area contributed by atoms with Crippen LogP contribution in [0.2, 0.25) is 0 Å². The zero-order valence-corrected chi connectivity index (χ0v) is 9.57. The second-order valence-corrected chi connectivity index (χ2v) is 5.08. The summed E-state index contributed by atoms with van der Waals surface area (Å²) >= 11 is 1.89. The molecule has 0 saturated heterocycles. The number of fused-ring (bicyclic) bond motifs is 1. The molecule has 0 aliphatic heterocycles. The number of rotatable bonds is 4. The SMILES string of the molecule is C#CCCC(NN)c1cc2c(s1)CCC2. The van der Waals surface area contributed by atoms with Crippen LogP contribution in [0.5, 0.6) is 0 Å². The molecule has 0 amide bonds. The molecule has 3 heteroatoms. The van der Waals surface area contributed by atoms with Gasteiger partial charge in [-0.1, -0.05) is 0 Å². The quantitative estimate of drug-likeness (QED) is 0.463. The van der Waals surface area contributed by atoms with Crippen molar-refractivity contribution in [2.75, 3.05) is 0 Å². The Morgan fingerprint density at radius 1 is 1.60 bits per heavy atom. The van der Waals surface area contributed by atoms with E-state index in [1.807, 2.05) is 11.3 Å². The van der Waals surface area contributed by atoms with Crippen LogP contribution in [0.3, 0.4) is 0 Å². The zero-order chi connectivity index (χ0) is 10.7. The largest absolute Gasteiger partial charge is 0.271 e. The van der Waals surface area contributed by atoms with Crippen LogP contribution >= 0.6 is 11.3 Å². The minimum absolute atomic E-state index is 0.233. The topological polar surface area (TPSA) is 38.0 Å². The van der Waals surface area contributed by atoms with Gasteiger partial charge in [0.05, 0.1) is 6.04 Å². The van der Waals surface area contributed by atoms with Crippen LogP contribution in [0.4, 0.5) is 0 Å². The van der Waals surface area contributed by atoms with Gasteiger partial charge in [-0.05, 0) is 37.3 Å².